The lowest BCUT2D eigenvalue weighted by molar-refractivity contribution is 0.0661. The van der Waals surface area contributed by atoms with Gasteiger partial charge in [-0.25, -0.2) is 0 Å². The SMILES string of the molecule is CCC(Cc1ccc(C)cc1)(C(=O)c1ccc(N2CCOCC2)cc1)N(C)C.CCC(Cc1ccccc1)(C(=O)c1ccc(N2CCOCC2)cc1)N(C)C. The third kappa shape index (κ3) is 10.1. The minimum absolute atomic E-state index is 0.187. The molecule has 0 saturated carbocycles. The topological polar surface area (TPSA) is 65.6 Å². The Hall–Kier alpha value is -4.34. The van der Waals surface area contributed by atoms with Gasteiger partial charge >= 0.3 is 0 Å². The number of aryl methyl sites for hydroxylation is 1. The number of rotatable bonds is 14. The number of benzene rings is 4. The van der Waals surface area contributed by atoms with Gasteiger partial charge in [0.15, 0.2) is 11.6 Å². The van der Waals surface area contributed by atoms with Crippen LogP contribution in [0.1, 0.15) is 64.1 Å². The van der Waals surface area contributed by atoms with E-state index in [0.29, 0.717) is 12.8 Å². The number of ether oxygens (including phenoxy) is 2. The summed E-state index contributed by atoms with van der Waals surface area (Å²) in [7, 11) is 8.04. The molecule has 2 fully saturated rings. The summed E-state index contributed by atoms with van der Waals surface area (Å²) >= 11 is 0. The third-order valence-corrected chi connectivity index (χ3v) is 11.7. The quantitative estimate of drug-likeness (QED) is 0.122. The lowest BCUT2D eigenvalue weighted by Crippen LogP contribution is -2.52. The molecule has 55 heavy (non-hydrogen) atoms. The smallest absolute Gasteiger partial charge is 0.183 e. The summed E-state index contributed by atoms with van der Waals surface area (Å²) in [4.78, 5) is 36.0. The van der Waals surface area contributed by atoms with Gasteiger partial charge in [-0.2, -0.15) is 0 Å². The number of carbonyl (C=O) groups is 2. The van der Waals surface area contributed by atoms with Gasteiger partial charge in [0.2, 0.25) is 0 Å². The van der Waals surface area contributed by atoms with E-state index in [1.165, 1.54) is 16.7 Å². The van der Waals surface area contributed by atoms with Gasteiger partial charge in [0.25, 0.3) is 0 Å². The van der Waals surface area contributed by atoms with E-state index >= 15 is 0 Å². The Morgan fingerprint density at radius 2 is 0.909 bits per heavy atom. The van der Waals surface area contributed by atoms with Crippen molar-refractivity contribution in [3.05, 3.63) is 131 Å². The van der Waals surface area contributed by atoms with Crippen LogP contribution in [0.5, 0.6) is 0 Å². The second kappa shape index (κ2) is 19.5. The predicted octanol–water partition coefficient (Wildman–Crippen LogP) is 7.63. The van der Waals surface area contributed by atoms with Crippen molar-refractivity contribution in [1.29, 1.82) is 0 Å². The predicted molar refractivity (Wildman–Crippen MR) is 226 cm³/mol. The minimum atomic E-state index is -0.546. The average molecular weight is 747 g/mol. The molecule has 0 N–H and O–H groups in total. The van der Waals surface area contributed by atoms with Crippen molar-refractivity contribution in [1.82, 2.24) is 9.80 Å². The molecule has 4 aromatic rings. The van der Waals surface area contributed by atoms with Gasteiger partial charge in [-0.05, 0) is 120 Å². The highest BCUT2D eigenvalue weighted by Gasteiger charge is 2.40. The third-order valence-electron chi connectivity index (χ3n) is 11.7. The number of nitrogens with zero attached hydrogens (tertiary/aromatic N) is 4. The van der Waals surface area contributed by atoms with Crippen LogP contribution < -0.4 is 9.80 Å². The van der Waals surface area contributed by atoms with Gasteiger partial charge in [-0.1, -0.05) is 74.0 Å². The van der Waals surface area contributed by atoms with E-state index in [4.69, 9.17) is 9.47 Å². The van der Waals surface area contributed by atoms with Crippen LogP contribution in [0, 0.1) is 6.92 Å². The monoisotopic (exact) mass is 746 g/mol. The molecule has 294 valence electrons. The summed E-state index contributed by atoms with van der Waals surface area (Å²) < 4.78 is 10.9. The van der Waals surface area contributed by atoms with E-state index in [1.54, 1.807) is 0 Å². The largest absolute Gasteiger partial charge is 0.378 e. The normalized spacial score (nSPS) is 16.9. The van der Waals surface area contributed by atoms with Crippen LogP contribution in [-0.2, 0) is 22.3 Å². The fourth-order valence-electron chi connectivity index (χ4n) is 7.89. The maximum absolute atomic E-state index is 13.6. The molecule has 0 amide bonds. The summed E-state index contributed by atoms with van der Waals surface area (Å²) in [6, 6.07) is 35.0. The van der Waals surface area contributed by atoms with Crippen molar-refractivity contribution in [3.63, 3.8) is 0 Å². The van der Waals surface area contributed by atoms with Crippen molar-refractivity contribution in [2.24, 2.45) is 0 Å². The number of hydrogen-bond donors (Lipinski definition) is 0. The van der Waals surface area contributed by atoms with Crippen LogP contribution >= 0.6 is 0 Å². The molecule has 2 aliphatic rings. The molecular weight excluding hydrogens is 685 g/mol. The highest BCUT2D eigenvalue weighted by Crippen LogP contribution is 2.30. The first-order valence-electron chi connectivity index (χ1n) is 19.9. The Morgan fingerprint density at radius 1 is 0.545 bits per heavy atom. The van der Waals surface area contributed by atoms with E-state index < -0.39 is 11.1 Å². The van der Waals surface area contributed by atoms with E-state index in [-0.39, 0.29) is 11.6 Å². The van der Waals surface area contributed by atoms with Crippen molar-refractivity contribution in [3.8, 4) is 0 Å². The molecule has 0 radical (unpaired) electrons. The van der Waals surface area contributed by atoms with E-state index in [0.717, 1.165) is 87.9 Å². The number of hydrogen-bond acceptors (Lipinski definition) is 8. The zero-order chi connectivity index (χ0) is 39.4. The Kier molecular flexibility index (Phi) is 14.8. The van der Waals surface area contributed by atoms with Gasteiger partial charge in [0.05, 0.1) is 37.5 Å². The second-order valence-corrected chi connectivity index (χ2v) is 15.3. The van der Waals surface area contributed by atoms with Gasteiger partial charge in [0.1, 0.15) is 0 Å². The van der Waals surface area contributed by atoms with Gasteiger partial charge in [-0.15, -0.1) is 0 Å². The number of carbonyl (C=O) groups excluding carboxylic acids is 2. The summed E-state index contributed by atoms with van der Waals surface area (Å²) in [5.74, 6) is 0.376. The Labute approximate surface area is 330 Å². The maximum Gasteiger partial charge on any atom is 0.183 e. The molecule has 2 saturated heterocycles. The molecule has 2 heterocycles. The van der Waals surface area contributed by atoms with E-state index in [2.05, 4.69) is 101 Å². The molecule has 8 nitrogen and oxygen atoms in total. The molecule has 2 atom stereocenters. The first kappa shape index (κ1) is 41.8. The molecular formula is C47H62N4O4. The van der Waals surface area contributed by atoms with Gasteiger partial charge in [-0.3, -0.25) is 19.4 Å². The number of Topliss-reactive ketones (excluding diaryl/α,β-unsaturated/α-hetero) is 2. The van der Waals surface area contributed by atoms with Gasteiger partial charge < -0.3 is 19.3 Å². The molecule has 0 aliphatic carbocycles. The minimum Gasteiger partial charge on any atom is -0.378 e. The molecule has 8 heteroatoms. The van der Waals surface area contributed by atoms with Crippen LogP contribution in [0.3, 0.4) is 0 Å². The summed E-state index contributed by atoms with van der Waals surface area (Å²) in [6.45, 7) is 12.9. The molecule has 6 rings (SSSR count). The first-order chi connectivity index (χ1) is 26.5. The molecule has 0 bridgehead atoms. The standard InChI is InChI=1S/C24H32N2O2.C23H30N2O2/c1-5-24(25(3)4,18-20-8-6-19(2)7-9-20)23(27)21-10-12-22(13-11-21)26-14-16-28-17-15-26;1-4-23(24(2)3,18-19-8-6-5-7-9-19)22(26)20-10-12-21(13-11-20)25-14-16-27-17-15-25/h6-13H,5,14-18H2,1-4H3;5-13H,4,14-18H2,1-3H3. The fraction of sp³-hybridized carbons (Fsp3) is 0.447. The van der Waals surface area contributed by atoms with Crippen molar-refractivity contribution >= 4 is 22.9 Å². The van der Waals surface area contributed by atoms with Crippen LogP contribution in [0.15, 0.2) is 103 Å². The Bertz CT molecular complexity index is 1780. The first-order valence-corrected chi connectivity index (χ1v) is 19.9. The summed E-state index contributed by atoms with van der Waals surface area (Å²) in [5.41, 5.74) is 6.40. The van der Waals surface area contributed by atoms with E-state index in [9.17, 15) is 9.59 Å². The zero-order valence-corrected chi connectivity index (χ0v) is 34.2. The molecule has 2 unspecified atom stereocenters. The van der Waals surface area contributed by atoms with Crippen LogP contribution in [0.25, 0.3) is 0 Å². The molecule has 0 spiro atoms. The van der Waals surface area contributed by atoms with Crippen molar-refractivity contribution in [2.45, 2.75) is 57.5 Å². The lowest BCUT2D eigenvalue weighted by Gasteiger charge is -2.38. The number of anilines is 2. The second-order valence-electron chi connectivity index (χ2n) is 15.3. The fourth-order valence-corrected chi connectivity index (χ4v) is 7.89. The van der Waals surface area contributed by atoms with Crippen molar-refractivity contribution < 1.29 is 19.1 Å². The lowest BCUT2D eigenvalue weighted by atomic mass is 9.80. The van der Waals surface area contributed by atoms with Crippen LogP contribution in [0.2, 0.25) is 0 Å². The zero-order valence-electron chi connectivity index (χ0n) is 34.2. The highest BCUT2D eigenvalue weighted by atomic mass is 16.5. The van der Waals surface area contributed by atoms with Crippen LogP contribution in [-0.4, -0.2) is 113 Å². The Balaban J connectivity index is 0.000000211. The van der Waals surface area contributed by atoms with Crippen molar-refractivity contribution in [2.75, 3.05) is 90.6 Å². The molecule has 2 aliphatic heterocycles. The number of morpholine rings is 2. The number of likely N-dealkylation sites (N-methyl/N-ethyl adjacent to an activating group) is 2. The molecule has 4 aromatic carbocycles. The summed E-state index contributed by atoms with van der Waals surface area (Å²) in [6.07, 6.45) is 2.94. The average Bonchev–Trinajstić information content (AvgIpc) is 3.23. The maximum atomic E-state index is 13.6. The van der Waals surface area contributed by atoms with Gasteiger partial charge in [0, 0.05) is 48.7 Å². The highest BCUT2D eigenvalue weighted by molar-refractivity contribution is 6.04. The molecule has 0 aromatic heterocycles. The number of ketones is 2. The van der Waals surface area contributed by atoms with E-state index in [1.807, 2.05) is 70.7 Å². The summed E-state index contributed by atoms with van der Waals surface area (Å²) in [5, 5.41) is 0. The van der Waals surface area contributed by atoms with Crippen LogP contribution in [0.4, 0.5) is 11.4 Å². The Morgan fingerprint density at radius 3 is 1.25 bits per heavy atom.